The molecule has 2 atom stereocenters. The summed E-state index contributed by atoms with van der Waals surface area (Å²) in [6, 6.07) is 6.50. The third kappa shape index (κ3) is 6.26. The molecule has 28 heavy (non-hydrogen) atoms. The van der Waals surface area contributed by atoms with Crippen LogP contribution in [0.4, 0.5) is 5.69 Å². The van der Waals surface area contributed by atoms with Crippen LogP contribution in [0.3, 0.4) is 0 Å². The highest BCUT2D eigenvalue weighted by Crippen LogP contribution is 2.36. The second-order valence-corrected chi connectivity index (χ2v) is 7.97. The van der Waals surface area contributed by atoms with Gasteiger partial charge in [-0.2, -0.15) is 0 Å². The number of ether oxygens (including phenoxy) is 2. The molecule has 152 valence electrons. The van der Waals surface area contributed by atoms with Crippen LogP contribution in [-0.2, 0) is 28.7 Å². The van der Waals surface area contributed by atoms with Crippen molar-refractivity contribution in [1.82, 2.24) is 5.32 Å². The maximum absolute atomic E-state index is 12.1. The number of thioether (sulfide) groups is 1. The van der Waals surface area contributed by atoms with Crippen molar-refractivity contribution in [2.45, 2.75) is 42.9 Å². The molecule has 0 aromatic heterocycles. The van der Waals surface area contributed by atoms with E-state index in [1.807, 2.05) is 32.0 Å². The summed E-state index contributed by atoms with van der Waals surface area (Å²) < 4.78 is 9.64. The molecule has 0 fully saturated rings. The van der Waals surface area contributed by atoms with Crippen LogP contribution in [0.2, 0.25) is 0 Å². The van der Waals surface area contributed by atoms with E-state index in [4.69, 9.17) is 4.74 Å². The molecule has 2 amide bonds. The first-order valence-electron chi connectivity index (χ1n) is 8.89. The number of hydrogen-bond donors (Lipinski definition) is 2. The molecular formula is C19H24N2O6S. The largest absolute Gasteiger partial charge is 0.467 e. The van der Waals surface area contributed by atoms with E-state index in [1.165, 1.54) is 18.9 Å². The van der Waals surface area contributed by atoms with E-state index in [2.05, 4.69) is 15.4 Å². The fourth-order valence-electron chi connectivity index (χ4n) is 2.65. The van der Waals surface area contributed by atoms with E-state index in [-0.39, 0.29) is 18.2 Å². The molecule has 2 rings (SSSR count). The van der Waals surface area contributed by atoms with Crippen molar-refractivity contribution >= 4 is 41.2 Å². The fourth-order valence-corrected chi connectivity index (χ4v) is 3.74. The number of fused-ring (bicyclic) bond motifs is 1. The highest BCUT2D eigenvalue weighted by molar-refractivity contribution is 8.01. The summed E-state index contributed by atoms with van der Waals surface area (Å²) >= 11 is 1.28. The van der Waals surface area contributed by atoms with Gasteiger partial charge in [-0.25, -0.2) is 4.79 Å². The van der Waals surface area contributed by atoms with E-state index in [0.717, 1.165) is 4.90 Å². The van der Waals surface area contributed by atoms with Gasteiger partial charge in [0.15, 0.2) is 6.61 Å². The molecule has 0 aliphatic carbocycles. The Morgan fingerprint density at radius 3 is 2.64 bits per heavy atom. The van der Waals surface area contributed by atoms with Crippen LogP contribution in [0.1, 0.15) is 26.7 Å². The second kappa shape index (κ2) is 10.1. The van der Waals surface area contributed by atoms with Crippen LogP contribution in [0.5, 0.6) is 0 Å². The van der Waals surface area contributed by atoms with Gasteiger partial charge in [0.2, 0.25) is 5.91 Å². The number of carbonyl (C=O) groups excluding carboxylic acids is 4. The Morgan fingerprint density at radius 2 is 1.96 bits per heavy atom. The van der Waals surface area contributed by atoms with E-state index >= 15 is 0 Å². The number of esters is 2. The third-order valence-electron chi connectivity index (χ3n) is 3.95. The van der Waals surface area contributed by atoms with Gasteiger partial charge >= 0.3 is 11.9 Å². The zero-order chi connectivity index (χ0) is 20.7. The van der Waals surface area contributed by atoms with Crippen molar-refractivity contribution in [3.8, 4) is 0 Å². The molecule has 8 nitrogen and oxygen atoms in total. The molecule has 1 aromatic rings. The molecule has 1 aliphatic rings. The van der Waals surface area contributed by atoms with Crippen LogP contribution in [0, 0.1) is 5.92 Å². The smallest absolute Gasteiger partial charge is 0.328 e. The summed E-state index contributed by atoms with van der Waals surface area (Å²) in [5, 5.41) is 4.62. The van der Waals surface area contributed by atoms with Gasteiger partial charge in [0.25, 0.3) is 5.91 Å². The molecule has 1 aromatic carbocycles. The molecule has 0 bridgehead atoms. The summed E-state index contributed by atoms with van der Waals surface area (Å²) in [6.45, 7) is 3.29. The minimum Gasteiger partial charge on any atom is -0.467 e. The predicted octanol–water partition coefficient (Wildman–Crippen LogP) is 1.74. The summed E-state index contributed by atoms with van der Waals surface area (Å²) in [4.78, 5) is 48.8. The molecule has 2 N–H and O–H groups in total. The van der Waals surface area contributed by atoms with Gasteiger partial charge in [0.1, 0.15) is 6.04 Å². The molecule has 1 heterocycles. The van der Waals surface area contributed by atoms with Crippen molar-refractivity contribution in [3.05, 3.63) is 24.3 Å². The average Bonchev–Trinajstić information content (AvgIpc) is 2.65. The molecule has 1 aliphatic heterocycles. The molecule has 0 radical (unpaired) electrons. The Balaban J connectivity index is 1.82. The van der Waals surface area contributed by atoms with Gasteiger partial charge in [-0.05, 0) is 24.5 Å². The van der Waals surface area contributed by atoms with Gasteiger partial charge in [-0.3, -0.25) is 14.4 Å². The van der Waals surface area contributed by atoms with Crippen LogP contribution < -0.4 is 10.6 Å². The van der Waals surface area contributed by atoms with Crippen LogP contribution in [0.15, 0.2) is 29.2 Å². The average molecular weight is 408 g/mol. The molecular weight excluding hydrogens is 384 g/mol. The van der Waals surface area contributed by atoms with Crippen molar-refractivity contribution in [3.63, 3.8) is 0 Å². The maximum atomic E-state index is 12.1. The summed E-state index contributed by atoms with van der Waals surface area (Å²) in [6.07, 6.45) is 0.245. The zero-order valence-corrected chi connectivity index (χ0v) is 16.8. The number of benzene rings is 1. The standard InChI is InChI=1S/C19H24N2O6S/c1-11(2)8-13(19(25)26-3)20-16(22)10-27-17(23)9-15-18(24)21-12-6-4-5-7-14(12)28-15/h4-7,11,13,15H,8-10H2,1-3H3,(H,20,22)(H,21,24)/t13-,15+/m0/s1. The number of rotatable bonds is 8. The summed E-state index contributed by atoms with van der Waals surface area (Å²) in [5.41, 5.74) is 0.709. The van der Waals surface area contributed by atoms with E-state index in [9.17, 15) is 19.2 Å². The summed E-state index contributed by atoms with van der Waals surface area (Å²) in [5.74, 6) is -1.94. The van der Waals surface area contributed by atoms with Gasteiger partial charge in [0, 0.05) is 4.90 Å². The molecule has 0 unspecified atom stereocenters. The Labute approximate surface area is 167 Å². The van der Waals surface area contributed by atoms with Gasteiger partial charge in [-0.15, -0.1) is 11.8 Å². The Kier molecular flexibility index (Phi) is 7.86. The SMILES string of the molecule is COC(=O)[C@H](CC(C)C)NC(=O)COC(=O)C[C@H]1Sc2ccccc2NC1=O. The number of anilines is 1. The Hall–Kier alpha value is -2.55. The lowest BCUT2D eigenvalue weighted by atomic mass is 10.0. The minimum absolute atomic E-state index is 0.162. The second-order valence-electron chi connectivity index (χ2n) is 6.73. The lowest BCUT2D eigenvalue weighted by molar-refractivity contribution is -0.150. The normalized spacial score (nSPS) is 16.6. The highest BCUT2D eigenvalue weighted by atomic mass is 32.2. The number of hydrogen-bond acceptors (Lipinski definition) is 7. The topological polar surface area (TPSA) is 111 Å². The number of para-hydroxylation sites is 1. The lowest BCUT2D eigenvalue weighted by Crippen LogP contribution is -2.44. The molecule has 0 saturated heterocycles. The van der Waals surface area contributed by atoms with Crippen molar-refractivity contribution < 1.29 is 28.7 Å². The van der Waals surface area contributed by atoms with E-state index in [1.54, 1.807) is 6.07 Å². The first kappa shape index (κ1) is 21.7. The number of nitrogens with one attached hydrogen (secondary N) is 2. The first-order chi connectivity index (χ1) is 13.3. The summed E-state index contributed by atoms with van der Waals surface area (Å²) in [7, 11) is 1.24. The minimum atomic E-state index is -0.799. The van der Waals surface area contributed by atoms with Crippen molar-refractivity contribution in [1.29, 1.82) is 0 Å². The number of methoxy groups -OCH3 is 1. The van der Waals surface area contributed by atoms with Crippen LogP contribution in [0.25, 0.3) is 0 Å². The number of amides is 2. The first-order valence-corrected chi connectivity index (χ1v) is 9.77. The quantitative estimate of drug-likeness (QED) is 0.630. The molecule has 0 spiro atoms. The third-order valence-corrected chi connectivity index (χ3v) is 5.23. The maximum Gasteiger partial charge on any atom is 0.328 e. The van der Waals surface area contributed by atoms with Crippen LogP contribution >= 0.6 is 11.8 Å². The van der Waals surface area contributed by atoms with Crippen LogP contribution in [-0.4, -0.2) is 48.8 Å². The predicted molar refractivity (Wildman–Crippen MR) is 104 cm³/mol. The molecule has 9 heteroatoms. The monoisotopic (exact) mass is 408 g/mol. The number of carbonyl (C=O) groups is 4. The van der Waals surface area contributed by atoms with E-state index in [0.29, 0.717) is 12.1 Å². The van der Waals surface area contributed by atoms with Gasteiger partial charge in [0.05, 0.1) is 24.5 Å². The fraction of sp³-hybridized carbons (Fsp3) is 0.474. The Bertz CT molecular complexity index is 752. The lowest BCUT2D eigenvalue weighted by Gasteiger charge is -2.23. The van der Waals surface area contributed by atoms with Gasteiger partial charge in [-0.1, -0.05) is 26.0 Å². The molecule has 0 saturated carbocycles. The zero-order valence-electron chi connectivity index (χ0n) is 16.0. The highest BCUT2D eigenvalue weighted by Gasteiger charge is 2.30. The van der Waals surface area contributed by atoms with E-state index < -0.39 is 35.7 Å². The van der Waals surface area contributed by atoms with Crippen molar-refractivity contribution in [2.24, 2.45) is 5.92 Å². The van der Waals surface area contributed by atoms with Crippen molar-refractivity contribution in [2.75, 3.05) is 19.0 Å². The van der Waals surface area contributed by atoms with Gasteiger partial charge < -0.3 is 20.1 Å². The Morgan fingerprint density at radius 1 is 1.25 bits per heavy atom.